The fraction of sp³-hybridized carbons (Fsp3) is 0.353. The number of nitrogens with two attached hydrogens (primary N) is 1. The molecular weight excluding hydrogens is 262 g/mol. The van der Waals surface area contributed by atoms with Crippen LogP contribution in [0.4, 0.5) is 4.79 Å². The first kappa shape index (κ1) is 13.9. The molecule has 0 saturated carbocycles. The second-order valence-corrected chi connectivity index (χ2v) is 5.66. The Hall–Kier alpha value is -2.07. The van der Waals surface area contributed by atoms with E-state index in [1.165, 1.54) is 16.3 Å². The Kier molecular flexibility index (Phi) is 4.06. The first-order valence-corrected chi connectivity index (χ1v) is 7.48. The molecule has 1 aliphatic heterocycles. The van der Waals surface area contributed by atoms with Crippen LogP contribution in [0.5, 0.6) is 0 Å². The molecule has 110 valence electrons. The van der Waals surface area contributed by atoms with Crippen LogP contribution in [-0.4, -0.2) is 36.6 Å². The first-order chi connectivity index (χ1) is 10.2. The molecule has 3 N–H and O–H groups in total. The molecule has 1 atom stereocenters. The molecule has 2 amide bonds. The number of carbonyl (C=O) groups is 1. The van der Waals surface area contributed by atoms with E-state index in [0.717, 1.165) is 19.4 Å². The average Bonchev–Trinajstić information content (AvgIpc) is 2.94. The van der Waals surface area contributed by atoms with Crippen LogP contribution in [0.1, 0.15) is 12.0 Å². The van der Waals surface area contributed by atoms with Gasteiger partial charge in [0.15, 0.2) is 0 Å². The van der Waals surface area contributed by atoms with Crippen molar-refractivity contribution in [2.75, 3.05) is 19.6 Å². The number of nitrogens with zero attached hydrogens (tertiary/aromatic N) is 1. The lowest BCUT2D eigenvalue weighted by Gasteiger charge is -2.16. The minimum absolute atomic E-state index is 0.00346. The number of amides is 2. The number of hydrogen-bond acceptors (Lipinski definition) is 2. The standard InChI is InChI=1S/C17H21N3O/c18-16-8-10-20(12-16)17(21)19-9-7-13-5-6-14-3-1-2-4-15(14)11-13/h1-6,11,16H,7-10,12,18H2,(H,19,21). The molecule has 1 unspecified atom stereocenters. The summed E-state index contributed by atoms with van der Waals surface area (Å²) >= 11 is 0. The highest BCUT2D eigenvalue weighted by Crippen LogP contribution is 2.15. The minimum atomic E-state index is 0.00346. The van der Waals surface area contributed by atoms with E-state index in [2.05, 4.69) is 35.6 Å². The zero-order chi connectivity index (χ0) is 14.7. The maximum Gasteiger partial charge on any atom is 0.317 e. The fourth-order valence-corrected chi connectivity index (χ4v) is 2.79. The molecular formula is C17H21N3O. The van der Waals surface area contributed by atoms with Gasteiger partial charge in [-0.05, 0) is 29.2 Å². The molecule has 2 aromatic rings. The van der Waals surface area contributed by atoms with Gasteiger partial charge in [-0.2, -0.15) is 0 Å². The summed E-state index contributed by atoms with van der Waals surface area (Å²) in [7, 11) is 0. The summed E-state index contributed by atoms with van der Waals surface area (Å²) in [5.41, 5.74) is 7.06. The van der Waals surface area contributed by atoms with E-state index in [4.69, 9.17) is 5.73 Å². The number of carbonyl (C=O) groups excluding carboxylic acids is 1. The molecule has 0 bridgehead atoms. The average molecular weight is 283 g/mol. The zero-order valence-corrected chi connectivity index (χ0v) is 12.1. The molecule has 21 heavy (non-hydrogen) atoms. The summed E-state index contributed by atoms with van der Waals surface area (Å²) in [6, 6.07) is 14.9. The maximum absolute atomic E-state index is 12.0. The van der Waals surface area contributed by atoms with Crippen LogP contribution in [0.25, 0.3) is 10.8 Å². The van der Waals surface area contributed by atoms with E-state index in [0.29, 0.717) is 13.1 Å². The molecule has 1 aliphatic rings. The predicted octanol–water partition coefficient (Wildman–Crippen LogP) is 2.12. The number of likely N-dealkylation sites (tertiary alicyclic amines) is 1. The highest BCUT2D eigenvalue weighted by molar-refractivity contribution is 5.83. The molecule has 1 fully saturated rings. The molecule has 2 aromatic carbocycles. The third-order valence-electron chi connectivity index (χ3n) is 4.02. The summed E-state index contributed by atoms with van der Waals surface area (Å²) in [4.78, 5) is 13.7. The summed E-state index contributed by atoms with van der Waals surface area (Å²) in [6.45, 7) is 2.09. The Bertz CT molecular complexity index is 641. The van der Waals surface area contributed by atoms with Crippen molar-refractivity contribution in [2.45, 2.75) is 18.9 Å². The SMILES string of the molecule is NC1CCN(C(=O)NCCc2ccc3ccccc3c2)C1. The Morgan fingerprint density at radius 3 is 2.81 bits per heavy atom. The van der Waals surface area contributed by atoms with Crippen molar-refractivity contribution in [3.8, 4) is 0 Å². The van der Waals surface area contributed by atoms with Gasteiger partial charge in [-0.3, -0.25) is 0 Å². The normalized spacial score (nSPS) is 18.1. The molecule has 1 saturated heterocycles. The van der Waals surface area contributed by atoms with E-state index < -0.39 is 0 Å². The van der Waals surface area contributed by atoms with Gasteiger partial charge in [0.1, 0.15) is 0 Å². The molecule has 0 aliphatic carbocycles. The van der Waals surface area contributed by atoms with Crippen LogP contribution in [0.2, 0.25) is 0 Å². The summed E-state index contributed by atoms with van der Waals surface area (Å²) in [5, 5.41) is 5.46. The fourth-order valence-electron chi connectivity index (χ4n) is 2.79. The third-order valence-corrected chi connectivity index (χ3v) is 4.02. The minimum Gasteiger partial charge on any atom is -0.338 e. The Morgan fingerprint density at radius 2 is 2.05 bits per heavy atom. The second-order valence-electron chi connectivity index (χ2n) is 5.66. The van der Waals surface area contributed by atoms with Crippen molar-refractivity contribution < 1.29 is 4.79 Å². The quantitative estimate of drug-likeness (QED) is 0.906. The predicted molar refractivity (Wildman–Crippen MR) is 85.2 cm³/mol. The lowest BCUT2D eigenvalue weighted by Crippen LogP contribution is -2.40. The number of hydrogen-bond donors (Lipinski definition) is 2. The van der Waals surface area contributed by atoms with Gasteiger partial charge in [-0.25, -0.2) is 4.79 Å². The van der Waals surface area contributed by atoms with Gasteiger partial charge >= 0.3 is 6.03 Å². The van der Waals surface area contributed by atoms with Crippen LogP contribution < -0.4 is 11.1 Å². The maximum atomic E-state index is 12.0. The van der Waals surface area contributed by atoms with Crippen LogP contribution in [0, 0.1) is 0 Å². The number of nitrogens with one attached hydrogen (secondary N) is 1. The van der Waals surface area contributed by atoms with Crippen molar-refractivity contribution in [2.24, 2.45) is 5.73 Å². The van der Waals surface area contributed by atoms with Gasteiger partial charge in [-0.15, -0.1) is 0 Å². The summed E-state index contributed by atoms with van der Waals surface area (Å²) < 4.78 is 0. The van der Waals surface area contributed by atoms with Crippen LogP contribution in [0.3, 0.4) is 0 Å². The van der Waals surface area contributed by atoms with Gasteiger partial charge < -0.3 is 16.0 Å². The van der Waals surface area contributed by atoms with Crippen molar-refractivity contribution >= 4 is 16.8 Å². The number of fused-ring (bicyclic) bond motifs is 1. The number of urea groups is 1. The van der Waals surface area contributed by atoms with Crippen molar-refractivity contribution in [3.63, 3.8) is 0 Å². The van der Waals surface area contributed by atoms with E-state index in [9.17, 15) is 4.79 Å². The van der Waals surface area contributed by atoms with Gasteiger partial charge in [0, 0.05) is 25.7 Å². The van der Waals surface area contributed by atoms with Gasteiger partial charge in [0.05, 0.1) is 0 Å². The molecule has 1 heterocycles. The Morgan fingerprint density at radius 1 is 1.24 bits per heavy atom. The van der Waals surface area contributed by atoms with E-state index in [-0.39, 0.29) is 12.1 Å². The van der Waals surface area contributed by atoms with Gasteiger partial charge in [-0.1, -0.05) is 42.5 Å². The summed E-state index contributed by atoms with van der Waals surface area (Å²) in [6.07, 6.45) is 1.74. The highest BCUT2D eigenvalue weighted by atomic mass is 16.2. The number of rotatable bonds is 3. The molecule has 4 nitrogen and oxygen atoms in total. The molecule has 4 heteroatoms. The molecule has 3 rings (SSSR count). The zero-order valence-electron chi connectivity index (χ0n) is 12.1. The Balaban J connectivity index is 1.53. The Labute approximate surface area is 124 Å². The van der Waals surface area contributed by atoms with Gasteiger partial charge in [0.2, 0.25) is 0 Å². The molecule has 0 radical (unpaired) electrons. The van der Waals surface area contributed by atoms with Crippen LogP contribution in [-0.2, 0) is 6.42 Å². The van der Waals surface area contributed by atoms with Crippen LogP contribution >= 0.6 is 0 Å². The lowest BCUT2D eigenvalue weighted by molar-refractivity contribution is 0.208. The largest absolute Gasteiger partial charge is 0.338 e. The van der Waals surface area contributed by atoms with E-state index in [1.807, 2.05) is 12.1 Å². The lowest BCUT2D eigenvalue weighted by atomic mass is 10.1. The second kappa shape index (κ2) is 6.14. The summed E-state index contributed by atoms with van der Waals surface area (Å²) in [5.74, 6) is 0. The first-order valence-electron chi connectivity index (χ1n) is 7.48. The smallest absolute Gasteiger partial charge is 0.317 e. The highest BCUT2D eigenvalue weighted by Gasteiger charge is 2.22. The topological polar surface area (TPSA) is 58.4 Å². The molecule has 0 spiro atoms. The van der Waals surface area contributed by atoms with E-state index >= 15 is 0 Å². The van der Waals surface area contributed by atoms with Crippen molar-refractivity contribution in [1.29, 1.82) is 0 Å². The number of benzene rings is 2. The van der Waals surface area contributed by atoms with E-state index in [1.54, 1.807) is 4.90 Å². The van der Waals surface area contributed by atoms with Gasteiger partial charge in [0.25, 0.3) is 0 Å². The monoisotopic (exact) mass is 283 g/mol. The van der Waals surface area contributed by atoms with Crippen LogP contribution in [0.15, 0.2) is 42.5 Å². The third kappa shape index (κ3) is 3.34. The molecule has 0 aromatic heterocycles. The van der Waals surface area contributed by atoms with Crippen molar-refractivity contribution in [3.05, 3.63) is 48.0 Å². The van der Waals surface area contributed by atoms with Crippen molar-refractivity contribution in [1.82, 2.24) is 10.2 Å².